The third kappa shape index (κ3) is 3.66. The molecule has 0 aliphatic heterocycles. The fourth-order valence-electron chi connectivity index (χ4n) is 2.89. The van der Waals surface area contributed by atoms with Crippen LogP contribution in [0, 0.1) is 24.4 Å². The highest BCUT2D eigenvalue weighted by molar-refractivity contribution is 7.89. The second-order valence-corrected chi connectivity index (χ2v) is 9.04. The van der Waals surface area contributed by atoms with Crippen molar-refractivity contribution in [2.75, 3.05) is 0 Å². The van der Waals surface area contributed by atoms with E-state index in [1.165, 1.54) is 23.5 Å². The molecule has 0 amide bonds. The summed E-state index contributed by atoms with van der Waals surface area (Å²) < 4.78 is 69.4. The van der Waals surface area contributed by atoms with Crippen LogP contribution in [0.2, 0.25) is 0 Å². The molecule has 0 bridgehead atoms. The van der Waals surface area contributed by atoms with E-state index in [-0.39, 0.29) is 12.4 Å². The first-order valence-electron chi connectivity index (χ1n) is 8.43. The van der Waals surface area contributed by atoms with Gasteiger partial charge in [-0.1, -0.05) is 17.4 Å². The fraction of sp³-hybridized carbons (Fsp3) is 0.105. The minimum absolute atomic E-state index is 0.137. The minimum atomic E-state index is -4.37. The van der Waals surface area contributed by atoms with Crippen molar-refractivity contribution in [2.45, 2.75) is 18.4 Å². The second kappa shape index (κ2) is 7.29. The highest BCUT2D eigenvalue weighted by Gasteiger charge is 2.24. The van der Waals surface area contributed by atoms with Gasteiger partial charge in [-0.3, -0.25) is 4.40 Å². The average Bonchev–Trinajstić information content (AvgIpc) is 3.20. The lowest BCUT2D eigenvalue weighted by Crippen LogP contribution is -2.25. The summed E-state index contributed by atoms with van der Waals surface area (Å²) in [5, 5.41) is 0. The van der Waals surface area contributed by atoms with Gasteiger partial charge in [0.2, 0.25) is 10.0 Å². The van der Waals surface area contributed by atoms with Gasteiger partial charge in [0, 0.05) is 28.9 Å². The number of fused-ring (bicyclic) bond motifs is 1. The molecule has 4 rings (SSSR count). The summed E-state index contributed by atoms with van der Waals surface area (Å²) in [6.07, 6.45) is 1.77. The topological polar surface area (TPSA) is 63.5 Å². The maximum Gasteiger partial charge on any atom is 0.246 e. The van der Waals surface area contributed by atoms with E-state index >= 15 is 0 Å². The first kappa shape index (κ1) is 19.6. The molecular formula is C19H14F3N3O2S2. The van der Waals surface area contributed by atoms with Gasteiger partial charge in [0.25, 0.3) is 0 Å². The molecule has 0 radical (unpaired) electrons. The number of imidazole rings is 1. The van der Waals surface area contributed by atoms with Crippen LogP contribution < -0.4 is 4.72 Å². The molecule has 2 aromatic heterocycles. The van der Waals surface area contributed by atoms with E-state index in [0.717, 1.165) is 29.5 Å². The highest BCUT2D eigenvalue weighted by Crippen LogP contribution is 2.28. The molecule has 0 fully saturated rings. The molecule has 29 heavy (non-hydrogen) atoms. The van der Waals surface area contributed by atoms with Crippen LogP contribution in [0.25, 0.3) is 16.2 Å². The standard InChI is InChI=1S/C19H14F3N3O2S2/c1-11-17(9-23-29(26,27)18-14(21)3-2-4-15(18)22)28-19-24-16(10-25(11)19)12-5-7-13(20)8-6-12/h2-8,10,23H,9H2,1H3. The Labute approximate surface area is 168 Å². The lowest BCUT2D eigenvalue weighted by atomic mass is 10.2. The zero-order chi connectivity index (χ0) is 20.8. The molecule has 0 aliphatic rings. The molecule has 2 heterocycles. The Kier molecular flexibility index (Phi) is 4.93. The third-order valence-corrected chi connectivity index (χ3v) is 7.01. The van der Waals surface area contributed by atoms with Gasteiger partial charge in [0.1, 0.15) is 17.5 Å². The van der Waals surface area contributed by atoms with Crippen molar-refractivity contribution in [3.05, 3.63) is 76.7 Å². The van der Waals surface area contributed by atoms with Gasteiger partial charge in [-0.25, -0.2) is 31.3 Å². The summed E-state index contributed by atoms with van der Waals surface area (Å²) >= 11 is 1.25. The molecule has 10 heteroatoms. The van der Waals surface area contributed by atoms with Crippen LogP contribution in [0.4, 0.5) is 13.2 Å². The number of nitrogens with one attached hydrogen (secondary N) is 1. The molecule has 1 N–H and O–H groups in total. The zero-order valence-electron chi connectivity index (χ0n) is 15.0. The number of rotatable bonds is 5. The lowest BCUT2D eigenvalue weighted by molar-refractivity contribution is 0.514. The van der Waals surface area contributed by atoms with Crippen molar-refractivity contribution in [3.8, 4) is 11.3 Å². The van der Waals surface area contributed by atoms with Gasteiger partial charge in [-0.05, 0) is 43.3 Å². The van der Waals surface area contributed by atoms with Crippen LogP contribution in [0.5, 0.6) is 0 Å². The number of aryl methyl sites for hydroxylation is 1. The summed E-state index contributed by atoms with van der Waals surface area (Å²) in [7, 11) is -4.37. The molecule has 0 unspecified atom stereocenters. The Morgan fingerprint density at radius 1 is 1.07 bits per heavy atom. The van der Waals surface area contributed by atoms with Gasteiger partial charge >= 0.3 is 0 Å². The average molecular weight is 437 g/mol. The van der Waals surface area contributed by atoms with Crippen LogP contribution in [0.15, 0.2) is 53.6 Å². The third-order valence-electron chi connectivity index (χ3n) is 4.40. The summed E-state index contributed by atoms with van der Waals surface area (Å²) in [6.45, 7) is 1.65. The molecule has 0 saturated heterocycles. The van der Waals surface area contributed by atoms with Crippen LogP contribution in [0.3, 0.4) is 0 Å². The first-order chi connectivity index (χ1) is 13.8. The Morgan fingerprint density at radius 2 is 1.72 bits per heavy atom. The van der Waals surface area contributed by atoms with Crippen molar-refractivity contribution in [1.82, 2.24) is 14.1 Å². The molecule has 5 nitrogen and oxygen atoms in total. The minimum Gasteiger partial charge on any atom is -0.294 e. The number of aromatic nitrogens is 2. The van der Waals surface area contributed by atoms with Crippen LogP contribution in [-0.2, 0) is 16.6 Å². The maximum absolute atomic E-state index is 13.8. The second-order valence-electron chi connectivity index (χ2n) is 6.27. The molecule has 0 spiro atoms. The van der Waals surface area contributed by atoms with E-state index in [0.29, 0.717) is 15.5 Å². The molecule has 0 atom stereocenters. The van der Waals surface area contributed by atoms with E-state index in [4.69, 9.17) is 0 Å². The van der Waals surface area contributed by atoms with Crippen molar-refractivity contribution in [2.24, 2.45) is 0 Å². The summed E-state index contributed by atoms with van der Waals surface area (Å²) in [5.74, 6) is -2.65. The molecular weight excluding hydrogens is 423 g/mol. The van der Waals surface area contributed by atoms with Crippen molar-refractivity contribution < 1.29 is 21.6 Å². The molecule has 0 aliphatic carbocycles. The summed E-state index contributed by atoms with van der Waals surface area (Å²) in [5.41, 5.74) is 2.14. The Hall–Kier alpha value is -2.69. The number of hydrogen-bond donors (Lipinski definition) is 1. The van der Waals surface area contributed by atoms with E-state index in [1.807, 2.05) is 0 Å². The number of sulfonamides is 1. The Morgan fingerprint density at radius 3 is 2.34 bits per heavy atom. The van der Waals surface area contributed by atoms with Crippen LogP contribution in [0.1, 0.15) is 10.6 Å². The molecule has 4 aromatic rings. The summed E-state index contributed by atoms with van der Waals surface area (Å²) in [4.78, 5) is 4.75. The van der Waals surface area contributed by atoms with E-state index in [9.17, 15) is 21.6 Å². The maximum atomic E-state index is 13.8. The summed E-state index contributed by atoms with van der Waals surface area (Å²) in [6, 6.07) is 8.80. The predicted octanol–water partition coefficient (Wildman–Crippen LogP) is 4.27. The normalized spacial score (nSPS) is 12.0. The Bertz CT molecular complexity index is 1290. The fourth-order valence-corrected chi connectivity index (χ4v) is 5.15. The van der Waals surface area contributed by atoms with Crippen molar-refractivity contribution >= 4 is 26.3 Å². The van der Waals surface area contributed by atoms with E-state index < -0.39 is 26.6 Å². The SMILES string of the molecule is Cc1c(CNS(=O)(=O)c2c(F)cccc2F)sc2nc(-c3ccc(F)cc3)cn12. The first-order valence-corrected chi connectivity index (χ1v) is 10.7. The highest BCUT2D eigenvalue weighted by atomic mass is 32.2. The van der Waals surface area contributed by atoms with Gasteiger partial charge in [0.05, 0.1) is 5.69 Å². The predicted molar refractivity (Wildman–Crippen MR) is 104 cm³/mol. The van der Waals surface area contributed by atoms with E-state index in [2.05, 4.69) is 9.71 Å². The smallest absolute Gasteiger partial charge is 0.246 e. The van der Waals surface area contributed by atoms with Crippen molar-refractivity contribution in [3.63, 3.8) is 0 Å². The number of nitrogens with zero attached hydrogens (tertiary/aromatic N) is 2. The van der Waals surface area contributed by atoms with Gasteiger partial charge < -0.3 is 0 Å². The number of hydrogen-bond acceptors (Lipinski definition) is 4. The molecule has 150 valence electrons. The number of halogens is 3. The van der Waals surface area contributed by atoms with Crippen LogP contribution >= 0.6 is 11.3 Å². The quantitative estimate of drug-likeness (QED) is 0.507. The monoisotopic (exact) mass is 437 g/mol. The van der Waals surface area contributed by atoms with E-state index in [1.54, 1.807) is 29.7 Å². The number of benzene rings is 2. The number of thiazole rings is 1. The van der Waals surface area contributed by atoms with Gasteiger partial charge in [-0.15, -0.1) is 0 Å². The molecule has 2 aromatic carbocycles. The van der Waals surface area contributed by atoms with Gasteiger partial charge in [0.15, 0.2) is 9.86 Å². The van der Waals surface area contributed by atoms with Crippen molar-refractivity contribution in [1.29, 1.82) is 0 Å². The van der Waals surface area contributed by atoms with Crippen LogP contribution in [-0.4, -0.2) is 17.8 Å². The molecule has 0 saturated carbocycles. The lowest BCUT2D eigenvalue weighted by Gasteiger charge is -2.08. The van der Waals surface area contributed by atoms with Gasteiger partial charge in [-0.2, -0.15) is 0 Å². The Balaban J connectivity index is 1.60. The largest absolute Gasteiger partial charge is 0.294 e. The zero-order valence-corrected chi connectivity index (χ0v) is 16.6.